The molecule has 0 aliphatic heterocycles. The Morgan fingerprint density at radius 2 is 1.96 bits per heavy atom. The van der Waals surface area contributed by atoms with Crippen LogP contribution in [0.25, 0.3) is 5.69 Å². The summed E-state index contributed by atoms with van der Waals surface area (Å²) in [5, 5.41) is 11.7. The maximum absolute atomic E-state index is 13.4. The van der Waals surface area contributed by atoms with E-state index in [-0.39, 0.29) is 11.5 Å². The number of halogens is 1. The predicted molar refractivity (Wildman–Crippen MR) is 97.8 cm³/mol. The van der Waals surface area contributed by atoms with Gasteiger partial charge in [0.25, 0.3) is 0 Å². The van der Waals surface area contributed by atoms with E-state index < -0.39 is 15.7 Å². The van der Waals surface area contributed by atoms with Crippen molar-refractivity contribution in [1.82, 2.24) is 20.2 Å². The van der Waals surface area contributed by atoms with Crippen molar-refractivity contribution in [3.05, 3.63) is 59.4 Å². The van der Waals surface area contributed by atoms with Crippen LogP contribution in [-0.2, 0) is 9.84 Å². The first-order chi connectivity index (χ1) is 12.4. The van der Waals surface area contributed by atoms with E-state index >= 15 is 0 Å². The number of rotatable bonds is 6. The Kier molecular flexibility index (Phi) is 5.38. The average Bonchev–Trinajstić information content (AvgIpc) is 3.05. The standard InChI is InChI=1S/C17H17FN4O2S2/c1-12-6-7-13(2)16(10-12)26(23,24)9-8-25-17-19-20-21-22(17)15-5-3-4-14(18)11-15/h3-7,10-11H,8-9H2,1-2H3. The van der Waals surface area contributed by atoms with Crippen LogP contribution in [0.1, 0.15) is 11.1 Å². The van der Waals surface area contributed by atoms with Crippen LogP contribution in [0.15, 0.2) is 52.5 Å². The molecule has 6 nitrogen and oxygen atoms in total. The molecule has 26 heavy (non-hydrogen) atoms. The van der Waals surface area contributed by atoms with E-state index in [1.165, 1.54) is 28.6 Å². The number of benzene rings is 2. The molecule has 0 bridgehead atoms. The largest absolute Gasteiger partial charge is 0.224 e. The molecule has 2 aromatic carbocycles. The van der Waals surface area contributed by atoms with E-state index in [9.17, 15) is 12.8 Å². The van der Waals surface area contributed by atoms with Crippen LogP contribution in [0.4, 0.5) is 4.39 Å². The summed E-state index contributed by atoms with van der Waals surface area (Å²) in [6.45, 7) is 3.64. The molecule has 0 aliphatic rings. The highest BCUT2D eigenvalue weighted by Gasteiger charge is 2.18. The Labute approximate surface area is 155 Å². The van der Waals surface area contributed by atoms with Crippen molar-refractivity contribution in [3.63, 3.8) is 0 Å². The summed E-state index contributed by atoms with van der Waals surface area (Å²) in [5.74, 6) is -0.157. The van der Waals surface area contributed by atoms with Crippen molar-refractivity contribution >= 4 is 21.6 Å². The molecule has 0 atom stereocenters. The van der Waals surface area contributed by atoms with Crippen LogP contribution in [-0.4, -0.2) is 40.1 Å². The number of aryl methyl sites for hydroxylation is 2. The van der Waals surface area contributed by atoms with E-state index in [2.05, 4.69) is 15.5 Å². The van der Waals surface area contributed by atoms with Crippen molar-refractivity contribution in [2.75, 3.05) is 11.5 Å². The number of hydrogen-bond acceptors (Lipinski definition) is 6. The molecule has 0 radical (unpaired) electrons. The van der Waals surface area contributed by atoms with E-state index in [1.807, 2.05) is 13.0 Å². The Morgan fingerprint density at radius 3 is 2.73 bits per heavy atom. The number of sulfone groups is 1. The summed E-state index contributed by atoms with van der Waals surface area (Å²) >= 11 is 1.21. The predicted octanol–water partition coefficient (Wildman–Crippen LogP) is 2.98. The number of hydrogen-bond donors (Lipinski definition) is 0. The zero-order valence-corrected chi connectivity index (χ0v) is 15.9. The highest BCUT2D eigenvalue weighted by atomic mass is 32.2. The summed E-state index contributed by atoms with van der Waals surface area (Å²) < 4.78 is 40.0. The lowest BCUT2D eigenvalue weighted by Crippen LogP contribution is -2.11. The second-order valence-electron chi connectivity index (χ2n) is 5.79. The third-order valence-corrected chi connectivity index (χ3v) is 6.79. The Bertz CT molecular complexity index is 1030. The minimum Gasteiger partial charge on any atom is -0.224 e. The molecule has 0 unspecified atom stereocenters. The number of thioether (sulfide) groups is 1. The number of nitrogens with zero attached hydrogens (tertiary/aromatic N) is 4. The molecule has 0 saturated carbocycles. The van der Waals surface area contributed by atoms with Crippen LogP contribution in [0.2, 0.25) is 0 Å². The fourth-order valence-corrected chi connectivity index (χ4v) is 5.33. The normalized spacial score (nSPS) is 11.7. The van der Waals surface area contributed by atoms with Crippen LogP contribution in [0.3, 0.4) is 0 Å². The maximum Gasteiger partial charge on any atom is 0.214 e. The smallest absolute Gasteiger partial charge is 0.214 e. The van der Waals surface area contributed by atoms with Crippen molar-refractivity contribution < 1.29 is 12.8 Å². The van der Waals surface area contributed by atoms with Gasteiger partial charge in [-0.1, -0.05) is 30.0 Å². The van der Waals surface area contributed by atoms with Crippen molar-refractivity contribution in [3.8, 4) is 5.69 Å². The lowest BCUT2D eigenvalue weighted by molar-refractivity contribution is 0.597. The summed E-state index contributed by atoms with van der Waals surface area (Å²) in [4.78, 5) is 0.350. The van der Waals surface area contributed by atoms with Gasteiger partial charge < -0.3 is 0 Å². The quantitative estimate of drug-likeness (QED) is 0.600. The summed E-state index contributed by atoms with van der Waals surface area (Å²) in [5.41, 5.74) is 2.11. The zero-order chi connectivity index (χ0) is 18.7. The fourth-order valence-electron chi connectivity index (χ4n) is 2.43. The van der Waals surface area contributed by atoms with Gasteiger partial charge in [-0.05, 0) is 59.7 Å². The maximum atomic E-state index is 13.4. The second kappa shape index (κ2) is 7.55. The number of aromatic nitrogens is 4. The molecule has 0 spiro atoms. The molecular weight excluding hydrogens is 375 g/mol. The lowest BCUT2D eigenvalue weighted by Gasteiger charge is -2.09. The van der Waals surface area contributed by atoms with Crippen LogP contribution in [0, 0.1) is 19.7 Å². The van der Waals surface area contributed by atoms with Gasteiger partial charge >= 0.3 is 0 Å². The summed E-state index contributed by atoms with van der Waals surface area (Å²) in [6, 6.07) is 11.3. The monoisotopic (exact) mass is 392 g/mol. The van der Waals surface area contributed by atoms with Gasteiger partial charge in [0.2, 0.25) is 5.16 Å². The van der Waals surface area contributed by atoms with E-state index in [1.54, 1.807) is 31.2 Å². The molecule has 0 fully saturated rings. The molecule has 9 heteroatoms. The Morgan fingerprint density at radius 1 is 1.15 bits per heavy atom. The van der Waals surface area contributed by atoms with Crippen LogP contribution in [0.5, 0.6) is 0 Å². The van der Waals surface area contributed by atoms with E-state index in [4.69, 9.17) is 0 Å². The molecule has 0 N–H and O–H groups in total. The van der Waals surface area contributed by atoms with Crippen LogP contribution >= 0.6 is 11.8 Å². The van der Waals surface area contributed by atoms with Gasteiger partial charge in [-0.15, -0.1) is 5.10 Å². The topological polar surface area (TPSA) is 77.7 Å². The van der Waals surface area contributed by atoms with Crippen molar-refractivity contribution in [2.24, 2.45) is 0 Å². The Hall–Kier alpha value is -2.26. The van der Waals surface area contributed by atoms with Crippen molar-refractivity contribution in [1.29, 1.82) is 0 Å². The van der Waals surface area contributed by atoms with Gasteiger partial charge in [0.05, 0.1) is 16.3 Å². The Balaban J connectivity index is 1.73. The molecule has 1 heterocycles. The molecule has 0 amide bonds. The van der Waals surface area contributed by atoms with Gasteiger partial charge in [0.15, 0.2) is 9.84 Å². The third kappa shape index (κ3) is 4.10. The molecule has 1 aromatic heterocycles. The van der Waals surface area contributed by atoms with Crippen LogP contribution < -0.4 is 0 Å². The molecule has 136 valence electrons. The van der Waals surface area contributed by atoms with Gasteiger partial charge in [-0.2, -0.15) is 4.68 Å². The van der Waals surface area contributed by atoms with E-state index in [0.717, 1.165) is 11.1 Å². The van der Waals surface area contributed by atoms with E-state index in [0.29, 0.717) is 15.7 Å². The second-order valence-corrected chi connectivity index (χ2v) is 8.93. The van der Waals surface area contributed by atoms with Gasteiger partial charge in [0.1, 0.15) is 5.82 Å². The summed E-state index contributed by atoms with van der Waals surface area (Å²) in [6.07, 6.45) is 0. The minimum atomic E-state index is -3.41. The van der Waals surface area contributed by atoms with Crippen molar-refractivity contribution in [2.45, 2.75) is 23.9 Å². The minimum absolute atomic E-state index is 0.0437. The molecule has 0 aliphatic carbocycles. The molecule has 3 rings (SSSR count). The van der Waals surface area contributed by atoms with Gasteiger partial charge in [0, 0.05) is 5.75 Å². The molecular formula is C17H17FN4O2S2. The average molecular weight is 392 g/mol. The first kappa shape index (κ1) is 18.5. The highest BCUT2D eigenvalue weighted by Crippen LogP contribution is 2.22. The fraction of sp³-hybridized carbons (Fsp3) is 0.235. The van der Waals surface area contributed by atoms with Gasteiger partial charge in [-0.25, -0.2) is 12.8 Å². The SMILES string of the molecule is Cc1ccc(C)c(S(=O)(=O)CCSc2nnnn2-c2cccc(F)c2)c1. The first-order valence-corrected chi connectivity index (χ1v) is 10.5. The zero-order valence-electron chi connectivity index (χ0n) is 14.3. The number of tetrazole rings is 1. The highest BCUT2D eigenvalue weighted by molar-refractivity contribution is 8.00. The van der Waals surface area contributed by atoms with Gasteiger partial charge in [-0.3, -0.25) is 0 Å². The summed E-state index contributed by atoms with van der Waals surface area (Å²) in [7, 11) is -3.41. The molecule has 0 saturated heterocycles. The molecule has 3 aromatic rings. The lowest BCUT2D eigenvalue weighted by atomic mass is 10.2. The first-order valence-electron chi connectivity index (χ1n) is 7.84. The third-order valence-electron chi connectivity index (χ3n) is 3.76.